The SMILES string of the molecule is CN(C)c1ccc(/C=C/C=C/C23OCCN2c2ccc(Cl)cc2C3(C)C)cc1. The maximum atomic E-state index is 6.35. The normalized spacial score (nSPS) is 22.8. The molecular weight excluding hydrogens is 368 g/mol. The average molecular weight is 395 g/mol. The summed E-state index contributed by atoms with van der Waals surface area (Å²) in [5.41, 5.74) is 4.18. The Bertz CT molecular complexity index is 930. The highest BCUT2D eigenvalue weighted by Crippen LogP contribution is 2.55. The van der Waals surface area contributed by atoms with E-state index in [2.05, 4.69) is 98.4 Å². The second-order valence-corrected chi connectivity index (χ2v) is 8.62. The molecule has 4 heteroatoms. The Balaban J connectivity index is 1.60. The average Bonchev–Trinajstić information content (AvgIpc) is 3.17. The molecule has 2 aliphatic heterocycles. The van der Waals surface area contributed by atoms with Crippen molar-refractivity contribution in [2.45, 2.75) is 25.0 Å². The monoisotopic (exact) mass is 394 g/mol. The van der Waals surface area contributed by atoms with Crippen LogP contribution in [-0.4, -0.2) is 33.0 Å². The highest BCUT2D eigenvalue weighted by Gasteiger charge is 2.59. The Labute approximate surface area is 172 Å². The van der Waals surface area contributed by atoms with Gasteiger partial charge in [0.2, 0.25) is 0 Å². The van der Waals surface area contributed by atoms with Gasteiger partial charge in [-0.15, -0.1) is 0 Å². The third kappa shape index (κ3) is 2.94. The minimum Gasteiger partial charge on any atom is -0.378 e. The molecular formula is C24H27ClN2O. The lowest BCUT2D eigenvalue weighted by Crippen LogP contribution is -2.51. The number of hydrogen-bond acceptors (Lipinski definition) is 3. The third-order valence-corrected chi connectivity index (χ3v) is 6.22. The Morgan fingerprint density at radius 3 is 2.54 bits per heavy atom. The van der Waals surface area contributed by atoms with Crippen molar-refractivity contribution in [3.05, 3.63) is 76.8 Å². The zero-order chi connectivity index (χ0) is 19.9. The molecule has 0 spiro atoms. The van der Waals surface area contributed by atoms with Crippen molar-refractivity contribution in [1.82, 2.24) is 0 Å². The number of anilines is 2. The lowest BCUT2D eigenvalue weighted by Gasteiger charge is -2.39. The lowest BCUT2D eigenvalue weighted by molar-refractivity contribution is -0.000289. The highest BCUT2D eigenvalue weighted by atomic mass is 35.5. The molecule has 28 heavy (non-hydrogen) atoms. The fourth-order valence-corrected chi connectivity index (χ4v) is 4.55. The minimum absolute atomic E-state index is 0.193. The Hall–Kier alpha value is -2.23. The Morgan fingerprint density at radius 1 is 1.07 bits per heavy atom. The van der Waals surface area contributed by atoms with Crippen LogP contribution < -0.4 is 9.80 Å². The van der Waals surface area contributed by atoms with Crippen molar-refractivity contribution in [3.8, 4) is 0 Å². The van der Waals surface area contributed by atoms with E-state index in [1.54, 1.807) is 0 Å². The zero-order valence-corrected chi connectivity index (χ0v) is 17.7. The molecule has 3 nitrogen and oxygen atoms in total. The summed E-state index contributed by atoms with van der Waals surface area (Å²) in [5.74, 6) is 0. The van der Waals surface area contributed by atoms with E-state index >= 15 is 0 Å². The standard InChI is InChI=1S/C24H27ClN2O/c1-23(2)21-17-19(25)10-13-22(21)27-15-16-28-24(23,27)14-6-5-7-18-8-11-20(12-9-18)26(3)4/h5-14,17H,15-16H2,1-4H3/b7-5+,14-6+. The first-order valence-corrected chi connectivity index (χ1v) is 10.1. The fourth-order valence-electron chi connectivity index (χ4n) is 4.37. The Kier molecular flexibility index (Phi) is 4.76. The molecule has 2 aromatic rings. The molecule has 0 N–H and O–H groups in total. The summed E-state index contributed by atoms with van der Waals surface area (Å²) in [4.78, 5) is 4.47. The number of nitrogens with zero attached hydrogens (tertiary/aromatic N) is 2. The van der Waals surface area contributed by atoms with Crippen LogP contribution in [0, 0.1) is 0 Å². The van der Waals surface area contributed by atoms with Gasteiger partial charge in [-0.2, -0.15) is 0 Å². The van der Waals surface area contributed by atoms with Gasteiger partial charge in [-0.25, -0.2) is 0 Å². The van der Waals surface area contributed by atoms with Gasteiger partial charge in [-0.05, 0) is 47.5 Å². The molecule has 4 rings (SSSR count). The fraction of sp³-hybridized carbons (Fsp3) is 0.333. The molecule has 0 amide bonds. The molecule has 1 fully saturated rings. The van der Waals surface area contributed by atoms with Gasteiger partial charge in [-0.3, -0.25) is 0 Å². The van der Waals surface area contributed by atoms with E-state index in [1.165, 1.54) is 22.5 Å². The number of rotatable bonds is 4. The van der Waals surface area contributed by atoms with Gasteiger partial charge in [0, 0.05) is 42.5 Å². The van der Waals surface area contributed by atoms with Gasteiger partial charge in [0.1, 0.15) is 0 Å². The van der Waals surface area contributed by atoms with E-state index in [4.69, 9.17) is 16.3 Å². The van der Waals surface area contributed by atoms with Gasteiger partial charge in [0.05, 0.1) is 6.61 Å². The van der Waals surface area contributed by atoms with Crippen LogP contribution in [0.3, 0.4) is 0 Å². The van der Waals surface area contributed by atoms with Crippen LogP contribution in [0.5, 0.6) is 0 Å². The lowest BCUT2D eigenvalue weighted by atomic mass is 9.77. The smallest absolute Gasteiger partial charge is 0.170 e. The summed E-state index contributed by atoms with van der Waals surface area (Å²) in [6.07, 6.45) is 8.51. The predicted octanol–water partition coefficient (Wildman–Crippen LogP) is 5.50. The molecule has 2 aromatic carbocycles. The topological polar surface area (TPSA) is 15.7 Å². The van der Waals surface area contributed by atoms with Crippen LogP contribution in [0.1, 0.15) is 25.0 Å². The van der Waals surface area contributed by atoms with Crippen molar-refractivity contribution in [2.24, 2.45) is 0 Å². The van der Waals surface area contributed by atoms with E-state index in [1.807, 2.05) is 6.07 Å². The summed E-state index contributed by atoms with van der Waals surface area (Å²) in [6.45, 7) is 6.09. The van der Waals surface area contributed by atoms with Crippen LogP contribution in [0.2, 0.25) is 5.02 Å². The Morgan fingerprint density at radius 2 is 1.82 bits per heavy atom. The highest BCUT2D eigenvalue weighted by molar-refractivity contribution is 6.30. The van der Waals surface area contributed by atoms with Crippen molar-refractivity contribution in [3.63, 3.8) is 0 Å². The number of ether oxygens (including phenoxy) is 1. The maximum Gasteiger partial charge on any atom is 0.170 e. The second kappa shape index (κ2) is 6.98. The molecule has 146 valence electrons. The molecule has 0 aliphatic carbocycles. The molecule has 1 unspecified atom stereocenters. The summed E-state index contributed by atoms with van der Waals surface area (Å²) in [7, 11) is 4.10. The summed E-state index contributed by atoms with van der Waals surface area (Å²) >= 11 is 6.29. The number of allylic oxidation sites excluding steroid dienone is 2. The summed E-state index contributed by atoms with van der Waals surface area (Å²) < 4.78 is 6.35. The van der Waals surface area contributed by atoms with Crippen molar-refractivity contribution in [1.29, 1.82) is 0 Å². The zero-order valence-electron chi connectivity index (χ0n) is 16.9. The van der Waals surface area contributed by atoms with Crippen LogP contribution in [0.4, 0.5) is 11.4 Å². The van der Waals surface area contributed by atoms with E-state index < -0.39 is 5.72 Å². The molecule has 0 bridgehead atoms. The van der Waals surface area contributed by atoms with Crippen LogP contribution in [0.15, 0.2) is 60.7 Å². The molecule has 0 saturated carbocycles. The molecule has 2 heterocycles. The van der Waals surface area contributed by atoms with E-state index in [0.29, 0.717) is 0 Å². The number of benzene rings is 2. The maximum absolute atomic E-state index is 6.35. The molecule has 0 radical (unpaired) electrons. The van der Waals surface area contributed by atoms with Crippen LogP contribution in [-0.2, 0) is 10.2 Å². The van der Waals surface area contributed by atoms with E-state index in [-0.39, 0.29) is 5.41 Å². The minimum atomic E-state index is -0.473. The van der Waals surface area contributed by atoms with Gasteiger partial charge in [-0.1, -0.05) is 55.8 Å². The second-order valence-electron chi connectivity index (χ2n) is 8.19. The van der Waals surface area contributed by atoms with Crippen molar-refractivity contribution in [2.75, 3.05) is 37.0 Å². The van der Waals surface area contributed by atoms with Crippen LogP contribution >= 0.6 is 11.6 Å². The molecule has 2 aliphatic rings. The van der Waals surface area contributed by atoms with Gasteiger partial charge in [0.25, 0.3) is 0 Å². The number of hydrogen-bond donors (Lipinski definition) is 0. The van der Waals surface area contributed by atoms with E-state index in [9.17, 15) is 0 Å². The molecule has 1 saturated heterocycles. The largest absolute Gasteiger partial charge is 0.378 e. The van der Waals surface area contributed by atoms with Crippen molar-refractivity contribution >= 4 is 29.1 Å². The predicted molar refractivity (Wildman–Crippen MR) is 119 cm³/mol. The summed E-state index contributed by atoms with van der Waals surface area (Å²) in [6, 6.07) is 14.7. The number of halogens is 1. The van der Waals surface area contributed by atoms with E-state index in [0.717, 1.165) is 18.2 Å². The van der Waals surface area contributed by atoms with Crippen molar-refractivity contribution < 1.29 is 4.74 Å². The van der Waals surface area contributed by atoms with Gasteiger partial charge < -0.3 is 14.5 Å². The first-order chi connectivity index (χ1) is 13.3. The molecule has 1 atom stereocenters. The summed E-state index contributed by atoms with van der Waals surface area (Å²) in [5, 5.41) is 0.771. The quantitative estimate of drug-likeness (QED) is 0.637. The first kappa shape index (κ1) is 19.1. The van der Waals surface area contributed by atoms with Crippen LogP contribution in [0.25, 0.3) is 6.08 Å². The third-order valence-electron chi connectivity index (χ3n) is 5.99. The first-order valence-electron chi connectivity index (χ1n) is 9.70. The van der Waals surface area contributed by atoms with Gasteiger partial charge >= 0.3 is 0 Å². The van der Waals surface area contributed by atoms with Gasteiger partial charge in [0.15, 0.2) is 5.72 Å². The number of fused-ring (bicyclic) bond motifs is 3. The molecule has 0 aromatic heterocycles.